The molecule has 6 heteroatoms. The van der Waals surface area contributed by atoms with Gasteiger partial charge in [0.2, 0.25) is 0 Å². The highest BCUT2D eigenvalue weighted by molar-refractivity contribution is 7.13. The summed E-state index contributed by atoms with van der Waals surface area (Å²) in [5, 5.41) is 3.09. The van der Waals surface area contributed by atoms with Crippen LogP contribution < -0.4 is 14.2 Å². The molecule has 0 spiro atoms. The first kappa shape index (κ1) is 21.1. The van der Waals surface area contributed by atoms with E-state index in [2.05, 4.69) is 29.5 Å². The topological polar surface area (TPSA) is 43.8 Å². The Bertz CT molecular complexity index is 909. The molecule has 2 aromatic carbocycles. The van der Waals surface area contributed by atoms with Crippen LogP contribution in [0.5, 0.6) is 17.2 Å². The number of hydrogen-bond acceptors (Lipinski definition) is 6. The molecule has 0 atom stereocenters. The molecule has 0 N–H and O–H groups in total. The molecule has 0 radical (unpaired) electrons. The molecule has 0 aliphatic carbocycles. The van der Waals surface area contributed by atoms with E-state index in [4.69, 9.17) is 19.2 Å². The van der Waals surface area contributed by atoms with Gasteiger partial charge < -0.3 is 19.1 Å². The Morgan fingerprint density at radius 1 is 0.931 bits per heavy atom. The van der Waals surface area contributed by atoms with E-state index in [1.807, 2.05) is 30.3 Å². The molecule has 0 bridgehead atoms. The van der Waals surface area contributed by atoms with Crippen molar-refractivity contribution in [3.63, 3.8) is 0 Å². The Morgan fingerprint density at radius 2 is 1.66 bits per heavy atom. The van der Waals surface area contributed by atoms with E-state index in [1.165, 1.54) is 5.56 Å². The molecule has 0 amide bonds. The van der Waals surface area contributed by atoms with Gasteiger partial charge in [0.05, 0.1) is 32.6 Å². The van der Waals surface area contributed by atoms with Gasteiger partial charge in [-0.05, 0) is 56.3 Å². The quantitative estimate of drug-likeness (QED) is 0.474. The Morgan fingerprint density at radius 3 is 2.34 bits per heavy atom. The van der Waals surface area contributed by atoms with Gasteiger partial charge in [-0.25, -0.2) is 4.98 Å². The van der Waals surface area contributed by atoms with Crippen LogP contribution in [0.4, 0.5) is 0 Å². The Labute approximate surface area is 176 Å². The van der Waals surface area contributed by atoms with E-state index in [0.29, 0.717) is 0 Å². The summed E-state index contributed by atoms with van der Waals surface area (Å²) >= 11 is 1.64. The van der Waals surface area contributed by atoms with Crippen molar-refractivity contribution < 1.29 is 14.2 Å². The zero-order valence-electron chi connectivity index (χ0n) is 17.5. The van der Waals surface area contributed by atoms with Crippen molar-refractivity contribution in [2.45, 2.75) is 19.4 Å². The molecular weight excluding hydrogens is 384 g/mol. The fraction of sp³-hybridized carbons (Fsp3) is 0.348. The minimum atomic E-state index is 0.776. The fourth-order valence-electron chi connectivity index (χ4n) is 3.18. The molecule has 0 saturated carbocycles. The highest BCUT2D eigenvalue weighted by Gasteiger charge is 2.12. The third-order valence-corrected chi connectivity index (χ3v) is 5.71. The molecule has 0 saturated heterocycles. The normalized spacial score (nSPS) is 10.9. The van der Waals surface area contributed by atoms with Crippen molar-refractivity contribution in [3.8, 4) is 27.8 Å². The van der Waals surface area contributed by atoms with Gasteiger partial charge in [0.15, 0.2) is 0 Å². The Balaban J connectivity index is 1.54. The lowest BCUT2D eigenvalue weighted by Gasteiger charge is -2.15. The number of aryl methyl sites for hydroxylation is 1. The van der Waals surface area contributed by atoms with Crippen molar-refractivity contribution in [1.29, 1.82) is 0 Å². The molecule has 0 aliphatic rings. The lowest BCUT2D eigenvalue weighted by atomic mass is 10.1. The van der Waals surface area contributed by atoms with Gasteiger partial charge in [0, 0.05) is 18.0 Å². The van der Waals surface area contributed by atoms with Crippen LogP contribution in [0.1, 0.15) is 17.7 Å². The molecule has 0 unspecified atom stereocenters. The maximum Gasteiger partial charge on any atom is 0.132 e. The van der Waals surface area contributed by atoms with Crippen LogP contribution in [0.2, 0.25) is 0 Å². The van der Waals surface area contributed by atoms with E-state index in [1.54, 1.807) is 32.7 Å². The summed E-state index contributed by atoms with van der Waals surface area (Å²) in [7, 11) is 7.16. The van der Waals surface area contributed by atoms with E-state index >= 15 is 0 Å². The summed E-state index contributed by atoms with van der Waals surface area (Å²) < 4.78 is 16.0. The predicted octanol–water partition coefficient (Wildman–Crippen LogP) is 4.90. The van der Waals surface area contributed by atoms with E-state index in [9.17, 15) is 0 Å². The van der Waals surface area contributed by atoms with Gasteiger partial charge in [0.25, 0.3) is 0 Å². The van der Waals surface area contributed by atoms with Gasteiger partial charge in [-0.2, -0.15) is 0 Å². The number of thiazole rings is 1. The first-order chi connectivity index (χ1) is 14.1. The minimum absolute atomic E-state index is 0.776. The molecular formula is C23H28N2O3S. The maximum atomic E-state index is 5.51. The SMILES string of the molecule is COc1ccc(CCCN(C)Cc2csc(-c3ccc(OC)cc3OC)n2)cc1. The second kappa shape index (κ2) is 10.3. The van der Waals surface area contributed by atoms with Crippen molar-refractivity contribution >= 4 is 11.3 Å². The highest BCUT2D eigenvalue weighted by atomic mass is 32.1. The summed E-state index contributed by atoms with van der Waals surface area (Å²) in [4.78, 5) is 7.13. The average molecular weight is 413 g/mol. The second-order valence-corrected chi connectivity index (χ2v) is 7.76. The smallest absolute Gasteiger partial charge is 0.132 e. The molecule has 0 aliphatic heterocycles. The number of ether oxygens (including phenoxy) is 3. The molecule has 1 aromatic heterocycles. The number of rotatable bonds is 10. The molecule has 1 heterocycles. The first-order valence-corrected chi connectivity index (χ1v) is 10.5. The molecule has 154 valence electrons. The summed E-state index contributed by atoms with van der Waals surface area (Å²) in [5.74, 6) is 2.45. The third-order valence-electron chi connectivity index (χ3n) is 4.79. The Hall–Kier alpha value is -2.57. The second-order valence-electron chi connectivity index (χ2n) is 6.90. The van der Waals surface area contributed by atoms with Crippen LogP contribution >= 0.6 is 11.3 Å². The molecule has 3 aromatic rings. The van der Waals surface area contributed by atoms with Crippen LogP contribution in [0.25, 0.3) is 10.6 Å². The van der Waals surface area contributed by atoms with Crippen molar-refractivity contribution in [3.05, 3.63) is 59.1 Å². The summed E-state index contributed by atoms with van der Waals surface area (Å²) in [6.45, 7) is 1.85. The molecule has 29 heavy (non-hydrogen) atoms. The molecule has 5 nitrogen and oxygen atoms in total. The first-order valence-electron chi connectivity index (χ1n) is 9.61. The lowest BCUT2D eigenvalue weighted by molar-refractivity contribution is 0.319. The van der Waals surface area contributed by atoms with Crippen molar-refractivity contribution in [2.24, 2.45) is 0 Å². The van der Waals surface area contributed by atoms with E-state index in [-0.39, 0.29) is 0 Å². The average Bonchev–Trinajstić information content (AvgIpc) is 3.21. The van der Waals surface area contributed by atoms with Crippen LogP contribution in [0, 0.1) is 0 Å². The predicted molar refractivity (Wildman–Crippen MR) is 118 cm³/mol. The van der Waals surface area contributed by atoms with Gasteiger partial charge >= 0.3 is 0 Å². The Kier molecular flexibility index (Phi) is 7.49. The van der Waals surface area contributed by atoms with Crippen LogP contribution in [-0.4, -0.2) is 44.8 Å². The van der Waals surface area contributed by atoms with Crippen LogP contribution in [0.15, 0.2) is 47.8 Å². The molecule has 0 fully saturated rings. The number of nitrogens with zero attached hydrogens (tertiary/aromatic N) is 2. The highest BCUT2D eigenvalue weighted by Crippen LogP contribution is 2.35. The van der Waals surface area contributed by atoms with E-state index < -0.39 is 0 Å². The van der Waals surface area contributed by atoms with Crippen molar-refractivity contribution in [2.75, 3.05) is 34.9 Å². The largest absolute Gasteiger partial charge is 0.497 e. The maximum absolute atomic E-state index is 5.51. The zero-order valence-corrected chi connectivity index (χ0v) is 18.3. The summed E-state index contributed by atoms with van der Waals surface area (Å²) in [6, 6.07) is 14.1. The van der Waals surface area contributed by atoms with Gasteiger partial charge in [0.1, 0.15) is 22.3 Å². The van der Waals surface area contributed by atoms with Crippen molar-refractivity contribution in [1.82, 2.24) is 9.88 Å². The van der Waals surface area contributed by atoms with Gasteiger partial charge in [-0.3, -0.25) is 0 Å². The monoisotopic (exact) mass is 412 g/mol. The number of aromatic nitrogens is 1. The summed E-state index contributed by atoms with van der Waals surface area (Å²) in [5.41, 5.74) is 3.41. The standard InChI is InChI=1S/C23H28N2O3S/c1-25(13-5-6-17-7-9-19(26-2)10-8-17)15-18-16-29-23(24-18)21-12-11-20(27-3)14-22(21)28-4/h7-12,14,16H,5-6,13,15H2,1-4H3. The number of hydrogen-bond donors (Lipinski definition) is 0. The van der Waals surface area contributed by atoms with Gasteiger partial charge in [-0.1, -0.05) is 12.1 Å². The van der Waals surface area contributed by atoms with Crippen LogP contribution in [0.3, 0.4) is 0 Å². The van der Waals surface area contributed by atoms with E-state index in [0.717, 1.165) is 59.4 Å². The minimum Gasteiger partial charge on any atom is -0.497 e. The zero-order chi connectivity index (χ0) is 20.6. The van der Waals surface area contributed by atoms with Gasteiger partial charge in [-0.15, -0.1) is 11.3 Å². The summed E-state index contributed by atoms with van der Waals surface area (Å²) in [6.07, 6.45) is 2.16. The number of methoxy groups -OCH3 is 3. The number of benzene rings is 2. The van der Waals surface area contributed by atoms with Crippen LogP contribution in [-0.2, 0) is 13.0 Å². The molecule has 3 rings (SSSR count). The lowest BCUT2D eigenvalue weighted by Crippen LogP contribution is -2.19. The third kappa shape index (κ3) is 5.71. The fourth-order valence-corrected chi connectivity index (χ4v) is 4.02.